The highest BCUT2D eigenvalue weighted by atomic mass is 32.1. The maximum atomic E-state index is 6.17. The molecular formula is C45H28N4OS. The van der Waals surface area contributed by atoms with Gasteiger partial charge in [-0.25, -0.2) is 4.98 Å². The van der Waals surface area contributed by atoms with Crippen LogP contribution < -0.4 is 4.90 Å². The van der Waals surface area contributed by atoms with Crippen LogP contribution in [0.5, 0.6) is 0 Å². The molecular weight excluding hydrogens is 645 g/mol. The topological polar surface area (TPSA) is 55.1 Å². The van der Waals surface area contributed by atoms with Crippen molar-refractivity contribution in [2.75, 3.05) is 4.90 Å². The van der Waals surface area contributed by atoms with Crippen LogP contribution in [-0.2, 0) is 0 Å². The Hall–Kier alpha value is -6.63. The second-order valence-electron chi connectivity index (χ2n) is 12.5. The van der Waals surface area contributed by atoms with Crippen LogP contribution >= 0.6 is 11.3 Å². The zero-order valence-electron chi connectivity index (χ0n) is 27.3. The smallest absolute Gasteiger partial charge is 0.238 e. The zero-order chi connectivity index (χ0) is 33.7. The fraction of sp³-hybridized carbons (Fsp3) is 0. The maximum Gasteiger partial charge on any atom is 0.238 e. The van der Waals surface area contributed by atoms with Crippen LogP contribution in [0.3, 0.4) is 0 Å². The number of benzene rings is 7. The minimum atomic E-state index is 0.535. The van der Waals surface area contributed by atoms with Crippen LogP contribution in [-0.4, -0.2) is 15.0 Å². The molecule has 10 aromatic rings. The Bertz CT molecular complexity index is 2860. The molecule has 0 fully saturated rings. The van der Waals surface area contributed by atoms with E-state index in [1.54, 1.807) is 11.3 Å². The van der Waals surface area contributed by atoms with E-state index in [4.69, 9.17) is 19.4 Å². The van der Waals surface area contributed by atoms with Crippen molar-refractivity contribution in [3.8, 4) is 33.9 Å². The largest absolute Gasteiger partial charge is 0.456 e. The summed E-state index contributed by atoms with van der Waals surface area (Å²) in [6.07, 6.45) is 0. The quantitative estimate of drug-likeness (QED) is 0.176. The fourth-order valence-corrected chi connectivity index (χ4v) is 8.04. The molecule has 3 heterocycles. The first-order valence-corrected chi connectivity index (χ1v) is 17.7. The number of fused-ring (bicyclic) bond motifs is 6. The molecule has 6 heteroatoms. The van der Waals surface area contributed by atoms with Crippen LogP contribution in [0.1, 0.15) is 0 Å². The van der Waals surface area contributed by atoms with Crippen molar-refractivity contribution in [1.29, 1.82) is 0 Å². The Morgan fingerprint density at radius 3 is 1.86 bits per heavy atom. The van der Waals surface area contributed by atoms with E-state index >= 15 is 0 Å². The number of rotatable bonds is 6. The van der Waals surface area contributed by atoms with Crippen molar-refractivity contribution in [1.82, 2.24) is 15.0 Å². The zero-order valence-corrected chi connectivity index (χ0v) is 28.1. The highest BCUT2D eigenvalue weighted by Crippen LogP contribution is 2.44. The van der Waals surface area contributed by atoms with Crippen molar-refractivity contribution in [3.63, 3.8) is 0 Å². The monoisotopic (exact) mass is 672 g/mol. The predicted octanol–water partition coefficient (Wildman–Crippen LogP) is 12.6. The molecule has 0 unspecified atom stereocenters. The molecule has 0 radical (unpaired) electrons. The third-order valence-electron chi connectivity index (χ3n) is 9.34. The minimum absolute atomic E-state index is 0.535. The number of aromatic nitrogens is 3. The van der Waals surface area contributed by atoms with Gasteiger partial charge in [0.1, 0.15) is 11.2 Å². The second-order valence-corrected chi connectivity index (χ2v) is 13.5. The molecule has 51 heavy (non-hydrogen) atoms. The van der Waals surface area contributed by atoms with Gasteiger partial charge in [-0.2, -0.15) is 9.97 Å². The number of furan rings is 1. The molecule has 0 saturated heterocycles. The number of para-hydroxylation sites is 2. The summed E-state index contributed by atoms with van der Waals surface area (Å²) in [7, 11) is 0. The van der Waals surface area contributed by atoms with Crippen LogP contribution in [0.15, 0.2) is 174 Å². The van der Waals surface area contributed by atoms with Crippen LogP contribution in [0.2, 0.25) is 0 Å². The van der Waals surface area contributed by atoms with Gasteiger partial charge in [-0.3, -0.25) is 4.90 Å². The number of anilines is 3. The van der Waals surface area contributed by atoms with Gasteiger partial charge in [0.05, 0.1) is 5.69 Å². The van der Waals surface area contributed by atoms with Crippen molar-refractivity contribution < 1.29 is 4.42 Å². The standard InChI is InChI=1S/C45H28N4OS/c1-3-12-29(13-4-1)30-22-24-31(25-23-30)43-46-44(32-26-27-39-36(28-32)34-16-7-9-19-38(34)50-39)48-45(47-43)49(33-14-5-2-6-15-33)37-18-11-21-41-42(37)35-17-8-10-20-40(35)51-41/h1-28H. The average Bonchev–Trinajstić information content (AvgIpc) is 3.77. The summed E-state index contributed by atoms with van der Waals surface area (Å²) in [5.41, 5.74) is 7.73. The predicted molar refractivity (Wildman–Crippen MR) is 211 cm³/mol. The Balaban J connectivity index is 1.22. The Morgan fingerprint density at radius 1 is 0.431 bits per heavy atom. The lowest BCUT2D eigenvalue weighted by Crippen LogP contribution is -2.15. The highest BCUT2D eigenvalue weighted by molar-refractivity contribution is 7.26. The van der Waals surface area contributed by atoms with E-state index in [1.807, 2.05) is 42.5 Å². The Morgan fingerprint density at radius 2 is 1.04 bits per heavy atom. The molecule has 0 bridgehead atoms. The molecule has 0 aliphatic carbocycles. The molecule has 0 spiro atoms. The first-order chi connectivity index (χ1) is 25.3. The summed E-state index contributed by atoms with van der Waals surface area (Å²) in [4.78, 5) is 17.8. The van der Waals surface area contributed by atoms with Crippen LogP contribution in [0.25, 0.3) is 76.0 Å². The summed E-state index contributed by atoms with van der Waals surface area (Å²) < 4.78 is 8.62. The van der Waals surface area contributed by atoms with Gasteiger partial charge in [-0.1, -0.05) is 115 Å². The number of hydrogen-bond acceptors (Lipinski definition) is 6. The van der Waals surface area contributed by atoms with Crippen LogP contribution in [0.4, 0.5) is 17.3 Å². The minimum Gasteiger partial charge on any atom is -0.456 e. The molecule has 0 atom stereocenters. The van der Waals surface area contributed by atoms with Crippen molar-refractivity contribution in [2.45, 2.75) is 0 Å². The summed E-state index contributed by atoms with van der Waals surface area (Å²) in [6, 6.07) is 58.5. The molecule has 10 rings (SSSR count). The lowest BCUT2D eigenvalue weighted by Gasteiger charge is -2.25. The molecule has 0 saturated carbocycles. The summed E-state index contributed by atoms with van der Waals surface area (Å²) >= 11 is 1.80. The van der Waals surface area contributed by atoms with E-state index in [-0.39, 0.29) is 0 Å². The van der Waals surface area contributed by atoms with Gasteiger partial charge >= 0.3 is 0 Å². The molecule has 0 amide bonds. The molecule has 0 N–H and O–H groups in total. The number of hydrogen-bond donors (Lipinski definition) is 0. The van der Waals surface area contributed by atoms with Gasteiger partial charge < -0.3 is 4.42 Å². The highest BCUT2D eigenvalue weighted by Gasteiger charge is 2.23. The first kappa shape index (κ1) is 29.3. The van der Waals surface area contributed by atoms with E-state index in [0.29, 0.717) is 17.6 Å². The molecule has 7 aromatic carbocycles. The van der Waals surface area contributed by atoms with Crippen molar-refractivity contribution in [2.24, 2.45) is 0 Å². The van der Waals surface area contributed by atoms with Crippen LogP contribution in [0, 0.1) is 0 Å². The first-order valence-electron chi connectivity index (χ1n) is 16.9. The van der Waals surface area contributed by atoms with Gasteiger partial charge in [0, 0.05) is 47.8 Å². The second kappa shape index (κ2) is 12.1. The van der Waals surface area contributed by atoms with E-state index in [9.17, 15) is 0 Å². The number of thiophene rings is 1. The van der Waals surface area contributed by atoms with Gasteiger partial charge in [0.2, 0.25) is 5.95 Å². The van der Waals surface area contributed by atoms with Gasteiger partial charge in [-0.15, -0.1) is 11.3 Å². The molecule has 3 aromatic heterocycles. The van der Waals surface area contributed by atoms with Crippen molar-refractivity contribution >= 4 is 70.8 Å². The lowest BCUT2D eigenvalue weighted by molar-refractivity contribution is 0.669. The van der Waals surface area contributed by atoms with Gasteiger partial charge in [-0.05, 0) is 65.7 Å². The summed E-state index contributed by atoms with van der Waals surface area (Å²) in [5.74, 6) is 1.71. The maximum absolute atomic E-state index is 6.17. The van der Waals surface area contributed by atoms with Crippen molar-refractivity contribution in [3.05, 3.63) is 170 Å². The number of nitrogens with zero attached hydrogens (tertiary/aromatic N) is 4. The molecule has 5 nitrogen and oxygen atoms in total. The third kappa shape index (κ3) is 5.12. The fourth-order valence-electron chi connectivity index (χ4n) is 6.91. The molecule has 0 aliphatic heterocycles. The summed E-state index contributed by atoms with van der Waals surface area (Å²) in [5, 5.41) is 4.46. The average molecular weight is 673 g/mol. The van der Waals surface area contributed by atoms with Gasteiger partial charge in [0.25, 0.3) is 0 Å². The van der Waals surface area contributed by atoms with E-state index < -0.39 is 0 Å². The molecule has 0 aliphatic rings. The summed E-state index contributed by atoms with van der Waals surface area (Å²) in [6.45, 7) is 0. The Labute approximate surface area is 297 Å². The van der Waals surface area contributed by atoms with Gasteiger partial charge in [0.15, 0.2) is 11.6 Å². The normalized spacial score (nSPS) is 11.5. The Kier molecular flexibility index (Phi) is 6.93. The third-order valence-corrected chi connectivity index (χ3v) is 10.5. The van der Waals surface area contributed by atoms with E-state index in [0.717, 1.165) is 55.6 Å². The van der Waals surface area contributed by atoms with E-state index in [1.165, 1.54) is 20.2 Å². The lowest BCUT2D eigenvalue weighted by atomic mass is 10.0. The SMILES string of the molecule is c1ccc(-c2ccc(-c3nc(-c4ccc5oc6ccccc6c5c4)nc(N(c4ccccc4)c4cccc5sc6ccccc6c45)n3)cc2)cc1. The van der Waals surface area contributed by atoms with E-state index in [2.05, 4.69) is 132 Å². The molecule has 240 valence electrons.